The van der Waals surface area contributed by atoms with Crippen LogP contribution in [0.3, 0.4) is 0 Å². The van der Waals surface area contributed by atoms with Gasteiger partial charge in [0.05, 0.1) is 5.41 Å². The molecule has 0 amide bonds. The molecule has 1 aliphatic carbocycles. The molecule has 142 valence electrons. The SMILES string of the molecule is CC(=O)O[C@@]12C[C@@H](CC[C@]1(C)C(C)=O)[C@@](C)(CSc1ccccc1)OO2. The quantitative estimate of drug-likeness (QED) is 0.436. The van der Waals surface area contributed by atoms with Crippen LogP contribution in [0.15, 0.2) is 35.2 Å². The van der Waals surface area contributed by atoms with Gasteiger partial charge in [-0.1, -0.05) is 18.2 Å². The van der Waals surface area contributed by atoms with Crippen LogP contribution >= 0.6 is 11.8 Å². The predicted molar refractivity (Wildman–Crippen MR) is 98.4 cm³/mol. The Morgan fingerprint density at radius 2 is 1.88 bits per heavy atom. The Morgan fingerprint density at radius 1 is 1.19 bits per heavy atom. The molecule has 2 bridgehead atoms. The molecule has 1 aromatic rings. The molecule has 2 aliphatic rings. The number of hydrogen-bond donors (Lipinski definition) is 0. The van der Waals surface area contributed by atoms with E-state index in [1.807, 2.05) is 25.1 Å². The largest absolute Gasteiger partial charge is 0.429 e. The molecule has 26 heavy (non-hydrogen) atoms. The van der Waals surface area contributed by atoms with E-state index in [2.05, 4.69) is 12.1 Å². The molecule has 4 atom stereocenters. The summed E-state index contributed by atoms with van der Waals surface area (Å²) in [4.78, 5) is 36.8. The molecule has 1 aliphatic heterocycles. The zero-order chi connectivity index (χ0) is 19.0. The van der Waals surface area contributed by atoms with Crippen LogP contribution < -0.4 is 0 Å². The molecule has 0 radical (unpaired) electrons. The number of carbonyl (C=O) groups excluding carboxylic acids is 2. The number of esters is 1. The second-order valence-electron chi connectivity index (χ2n) is 7.76. The van der Waals surface area contributed by atoms with Gasteiger partial charge in [-0.25, -0.2) is 4.89 Å². The van der Waals surface area contributed by atoms with Gasteiger partial charge in [0.25, 0.3) is 5.79 Å². The Kier molecular flexibility index (Phi) is 5.21. The molecular formula is C20H26O5S. The highest BCUT2D eigenvalue weighted by Crippen LogP contribution is 2.57. The Morgan fingerprint density at radius 3 is 2.50 bits per heavy atom. The van der Waals surface area contributed by atoms with Gasteiger partial charge in [0.1, 0.15) is 11.4 Å². The Balaban J connectivity index is 1.81. The van der Waals surface area contributed by atoms with Crippen molar-refractivity contribution < 1.29 is 24.1 Å². The number of carbonyl (C=O) groups is 2. The molecule has 0 aromatic heterocycles. The smallest absolute Gasteiger partial charge is 0.305 e. The van der Waals surface area contributed by atoms with Gasteiger partial charge in [0.15, 0.2) is 0 Å². The van der Waals surface area contributed by atoms with Crippen molar-refractivity contribution in [1.82, 2.24) is 0 Å². The number of ether oxygens (including phenoxy) is 1. The summed E-state index contributed by atoms with van der Waals surface area (Å²) >= 11 is 1.71. The van der Waals surface area contributed by atoms with Crippen LogP contribution in [0.1, 0.15) is 47.0 Å². The lowest BCUT2D eigenvalue weighted by atomic mass is 9.61. The van der Waals surface area contributed by atoms with Crippen LogP contribution in [0.2, 0.25) is 0 Å². The number of thioether (sulfide) groups is 1. The van der Waals surface area contributed by atoms with E-state index in [0.717, 1.165) is 6.42 Å². The zero-order valence-electron chi connectivity index (χ0n) is 15.7. The van der Waals surface area contributed by atoms with Crippen molar-refractivity contribution in [1.29, 1.82) is 0 Å². The normalized spacial score (nSPS) is 36.4. The van der Waals surface area contributed by atoms with Crippen molar-refractivity contribution in [3.8, 4) is 0 Å². The molecule has 3 rings (SSSR count). The molecule has 1 aromatic carbocycles. The monoisotopic (exact) mass is 378 g/mol. The molecule has 0 N–H and O–H groups in total. The zero-order valence-corrected chi connectivity index (χ0v) is 16.6. The van der Waals surface area contributed by atoms with Crippen LogP contribution in [0.4, 0.5) is 0 Å². The first-order chi connectivity index (χ1) is 12.2. The van der Waals surface area contributed by atoms with E-state index < -0.39 is 22.8 Å². The summed E-state index contributed by atoms with van der Waals surface area (Å²) in [6.45, 7) is 6.69. The van der Waals surface area contributed by atoms with Gasteiger partial charge < -0.3 is 4.74 Å². The van der Waals surface area contributed by atoms with Crippen molar-refractivity contribution in [3.05, 3.63) is 30.3 Å². The third-order valence-electron chi connectivity index (χ3n) is 5.93. The van der Waals surface area contributed by atoms with Crippen LogP contribution in [-0.4, -0.2) is 28.9 Å². The number of rotatable bonds is 5. The average Bonchev–Trinajstić information content (AvgIpc) is 2.60. The first-order valence-electron chi connectivity index (χ1n) is 8.96. The standard InChI is InChI=1S/C20H26O5S/c1-14(21)18(3)11-10-16-12-20(18,23-15(2)22)25-24-19(16,4)13-26-17-8-6-5-7-9-17/h5-9,16H,10-13H2,1-4H3/t16-,18-,19-,20-/m1/s1. The minimum absolute atomic E-state index is 0.0527. The first kappa shape index (κ1) is 19.4. The summed E-state index contributed by atoms with van der Waals surface area (Å²) in [7, 11) is 0. The second kappa shape index (κ2) is 6.98. The number of fused-ring (bicyclic) bond motifs is 2. The summed E-state index contributed by atoms with van der Waals surface area (Å²) in [5.74, 6) is -1.01. The van der Waals surface area contributed by atoms with Gasteiger partial charge in [0, 0.05) is 24.0 Å². The molecular weight excluding hydrogens is 352 g/mol. The lowest BCUT2D eigenvalue weighted by molar-refractivity contribution is -0.515. The summed E-state index contributed by atoms with van der Waals surface area (Å²) in [5, 5.41) is 0. The molecule has 6 heteroatoms. The molecule has 5 nitrogen and oxygen atoms in total. The molecule has 1 saturated heterocycles. The molecule has 1 heterocycles. The number of benzene rings is 1. The number of Topliss-reactive ketones (excluding diaryl/α,β-unsaturated/α-hetero) is 1. The third-order valence-corrected chi connectivity index (χ3v) is 7.26. The minimum atomic E-state index is -1.34. The van der Waals surface area contributed by atoms with Gasteiger partial charge in [-0.15, -0.1) is 11.8 Å². The number of hydrogen-bond acceptors (Lipinski definition) is 6. The summed E-state index contributed by atoms with van der Waals surface area (Å²) < 4.78 is 5.57. The van der Waals surface area contributed by atoms with Gasteiger partial charge in [0.2, 0.25) is 0 Å². The molecule has 0 spiro atoms. The van der Waals surface area contributed by atoms with Crippen molar-refractivity contribution >= 4 is 23.5 Å². The maximum Gasteiger partial charge on any atom is 0.305 e. The summed E-state index contributed by atoms with van der Waals surface area (Å²) in [6, 6.07) is 10.1. The van der Waals surface area contributed by atoms with Gasteiger partial charge in [-0.05, 0) is 51.7 Å². The van der Waals surface area contributed by atoms with Gasteiger partial charge >= 0.3 is 5.97 Å². The summed E-state index contributed by atoms with van der Waals surface area (Å²) in [5.41, 5.74) is -1.41. The lowest BCUT2D eigenvalue weighted by Gasteiger charge is -2.56. The second-order valence-corrected chi connectivity index (χ2v) is 8.80. The minimum Gasteiger partial charge on any atom is -0.429 e. The highest BCUT2D eigenvalue weighted by atomic mass is 32.2. The Labute approximate surface area is 158 Å². The topological polar surface area (TPSA) is 61.8 Å². The van der Waals surface area contributed by atoms with Crippen LogP contribution in [0.25, 0.3) is 0 Å². The molecule has 1 saturated carbocycles. The van der Waals surface area contributed by atoms with Gasteiger partial charge in [-0.2, -0.15) is 4.89 Å². The maximum absolute atomic E-state index is 12.3. The van der Waals surface area contributed by atoms with Gasteiger partial charge in [-0.3, -0.25) is 9.59 Å². The molecule has 0 unspecified atom stereocenters. The van der Waals surface area contributed by atoms with E-state index in [1.165, 1.54) is 18.7 Å². The summed E-state index contributed by atoms with van der Waals surface area (Å²) in [6.07, 6.45) is 1.90. The third kappa shape index (κ3) is 3.30. The highest BCUT2D eigenvalue weighted by Gasteiger charge is 2.65. The van der Waals surface area contributed by atoms with Crippen molar-refractivity contribution in [2.45, 2.75) is 63.2 Å². The van der Waals surface area contributed by atoms with E-state index in [4.69, 9.17) is 14.5 Å². The van der Waals surface area contributed by atoms with E-state index in [-0.39, 0.29) is 11.7 Å². The fourth-order valence-electron chi connectivity index (χ4n) is 3.92. The Bertz CT molecular complexity index is 693. The van der Waals surface area contributed by atoms with E-state index in [1.54, 1.807) is 18.7 Å². The fraction of sp³-hybridized carbons (Fsp3) is 0.600. The van der Waals surface area contributed by atoms with Crippen molar-refractivity contribution in [2.24, 2.45) is 11.3 Å². The van der Waals surface area contributed by atoms with Crippen LogP contribution in [0, 0.1) is 11.3 Å². The number of ketones is 1. The van der Waals surface area contributed by atoms with E-state index in [0.29, 0.717) is 18.6 Å². The predicted octanol–water partition coefficient (Wildman–Crippen LogP) is 4.15. The first-order valence-corrected chi connectivity index (χ1v) is 9.95. The van der Waals surface area contributed by atoms with Crippen LogP contribution in [-0.2, 0) is 24.1 Å². The maximum atomic E-state index is 12.3. The van der Waals surface area contributed by atoms with Crippen LogP contribution in [0.5, 0.6) is 0 Å². The lowest BCUT2D eigenvalue weighted by Crippen LogP contribution is -2.65. The molecule has 2 fully saturated rings. The fourth-order valence-corrected chi connectivity index (χ4v) is 5.00. The van der Waals surface area contributed by atoms with E-state index in [9.17, 15) is 9.59 Å². The van der Waals surface area contributed by atoms with Crippen molar-refractivity contribution in [2.75, 3.05) is 5.75 Å². The van der Waals surface area contributed by atoms with Crippen molar-refractivity contribution in [3.63, 3.8) is 0 Å². The average molecular weight is 378 g/mol. The Hall–Kier alpha value is -1.37. The highest BCUT2D eigenvalue weighted by molar-refractivity contribution is 7.99. The van der Waals surface area contributed by atoms with E-state index >= 15 is 0 Å².